The van der Waals surface area contributed by atoms with Gasteiger partial charge >= 0.3 is 13.5 Å². The number of ether oxygens (including phenoxy) is 1. The van der Waals surface area contributed by atoms with Gasteiger partial charge in [-0.2, -0.15) is 13.2 Å². The Hall–Kier alpha value is -4.42. The predicted molar refractivity (Wildman–Crippen MR) is 256 cm³/mol. The fourth-order valence-corrected chi connectivity index (χ4v) is 14.3. The van der Waals surface area contributed by atoms with Crippen molar-refractivity contribution in [3.8, 4) is 23.0 Å². The molecule has 1 unspecified atom stereocenters. The third-order valence-corrected chi connectivity index (χ3v) is 16.5. The Morgan fingerprint density at radius 1 is 0.492 bits per heavy atom. The Bertz CT molecular complexity index is 2400. The third kappa shape index (κ3) is 9.40. The zero-order valence-corrected chi connectivity index (χ0v) is 40.6. The van der Waals surface area contributed by atoms with Crippen LogP contribution < -0.4 is 34.6 Å². The summed E-state index contributed by atoms with van der Waals surface area (Å²) in [6.07, 6.45) is 2.09. The molecule has 0 aromatic heterocycles. The molecule has 2 saturated carbocycles. The lowest BCUT2D eigenvalue weighted by molar-refractivity contribution is -0.139. The first kappa shape index (κ1) is 46.6. The van der Waals surface area contributed by atoms with E-state index in [4.69, 9.17) is 18.7 Å². The molecule has 0 amide bonds. The Morgan fingerprint density at radius 3 is 1.33 bits per heavy atom. The lowest BCUT2D eigenvalue weighted by atomic mass is 9.83. The van der Waals surface area contributed by atoms with E-state index in [1.807, 2.05) is 40.7 Å². The van der Waals surface area contributed by atoms with Crippen LogP contribution in [0.3, 0.4) is 0 Å². The Labute approximate surface area is 376 Å². The molecule has 0 bridgehead atoms. The number of halogens is 3. The van der Waals surface area contributed by atoms with E-state index in [9.17, 15) is 0 Å². The molecule has 2 aliphatic rings. The highest BCUT2D eigenvalue weighted by atomic mass is 31.1. The highest BCUT2D eigenvalue weighted by Crippen LogP contribution is 2.54. The van der Waals surface area contributed by atoms with Crippen molar-refractivity contribution in [2.75, 3.05) is 7.11 Å². The molecule has 0 aliphatic heterocycles. The van der Waals surface area contributed by atoms with E-state index < -0.39 is 27.0 Å². The third-order valence-electron chi connectivity index (χ3n) is 13.4. The minimum absolute atomic E-state index is 0.167. The zero-order valence-electron chi connectivity index (χ0n) is 39.7. The van der Waals surface area contributed by atoms with Gasteiger partial charge in [0.05, 0.1) is 12.7 Å². The molecule has 0 N–H and O–H groups in total. The largest absolute Gasteiger partial charge is 0.864 e. The van der Waals surface area contributed by atoms with E-state index in [0.29, 0.717) is 34.1 Å². The van der Waals surface area contributed by atoms with Crippen molar-refractivity contribution < 1.29 is 31.9 Å². The van der Waals surface area contributed by atoms with Crippen LogP contribution in [0.15, 0.2) is 48.5 Å². The fraction of sp³-hybridized carbons (Fsp3) is 0.444. The van der Waals surface area contributed by atoms with Crippen molar-refractivity contribution in [2.24, 2.45) is 0 Å². The Balaban J connectivity index is 1.51. The number of benzene rings is 5. The van der Waals surface area contributed by atoms with Crippen molar-refractivity contribution in [1.29, 1.82) is 0 Å². The summed E-state index contributed by atoms with van der Waals surface area (Å²) in [6, 6.07) is 16.9. The highest BCUT2D eigenvalue weighted by molar-refractivity contribution is 7.80. The van der Waals surface area contributed by atoms with Gasteiger partial charge in [0.1, 0.15) is 23.0 Å². The summed E-state index contributed by atoms with van der Waals surface area (Å²) >= 11 is 0. The molecule has 4 nitrogen and oxygen atoms in total. The maximum Gasteiger partial charge on any atom is 0.864 e. The highest BCUT2D eigenvalue weighted by Gasteiger charge is 2.45. The molecule has 5 aromatic carbocycles. The van der Waals surface area contributed by atoms with Gasteiger partial charge in [-0.25, -0.2) is 0 Å². The summed E-state index contributed by atoms with van der Waals surface area (Å²) in [5, 5.41) is 3.02. The van der Waals surface area contributed by atoms with Gasteiger partial charge < -0.3 is 18.7 Å². The van der Waals surface area contributed by atoms with Gasteiger partial charge in [-0.15, -0.1) is 0 Å². The number of hydrogen-bond acceptors (Lipinski definition) is 4. The Morgan fingerprint density at radius 2 is 0.889 bits per heavy atom. The topological polar surface area (TPSA) is 36.9 Å². The summed E-state index contributed by atoms with van der Waals surface area (Å²) in [5.74, 6) is 2.00. The molecule has 5 aromatic rings. The van der Waals surface area contributed by atoms with Crippen LogP contribution >= 0.6 is 7.92 Å². The summed E-state index contributed by atoms with van der Waals surface area (Å²) in [6.45, 7) is 24.9. The van der Waals surface area contributed by atoms with E-state index in [1.165, 1.54) is 0 Å². The van der Waals surface area contributed by atoms with Crippen molar-refractivity contribution in [1.82, 2.24) is 0 Å². The normalized spacial score (nSPS) is 15.2. The van der Waals surface area contributed by atoms with Crippen LogP contribution in [0.2, 0.25) is 0 Å². The second-order valence-electron chi connectivity index (χ2n) is 18.8. The maximum absolute atomic E-state index is 15.8. The molecular formula is C54H65BF3O4P. The monoisotopic (exact) mass is 876 g/mol. The molecule has 0 radical (unpaired) electrons. The molecule has 1 atom stereocenters. The van der Waals surface area contributed by atoms with E-state index in [-0.39, 0.29) is 11.8 Å². The first-order valence-electron chi connectivity index (χ1n) is 22.7. The molecule has 0 heterocycles. The quantitative estimate of drug-likeness (QED) is 0.0924. The predicted octanol–water partition coefficient (Wildman–Crippen LogP) is 14.0. The van der Waals surface area contributed by atoms with Crippen LogP contribution in [-0.2, 0) is 6.18 Å². The Kier molecular flexibility index (Phi) is 13.7. The second kappa shape index (κ2) is 18.6. The van der Waals surface area contributed by atoms with Crippen molar-refractivity contribution in [2.45, 2.75) is 152 Å². The van der Waals surface area contributed by atoms with Gasteiger partial charge in [0.2, 0.25) is 0 Å². The van der Waals surface area contributed by atoms with E-state index in [0.717, 1.165) is 134 Å². The molecule has 334 valence electrons. The number of hydrogen-bond donors (Lipinski definition) is 0. The molecule has 0 spiro atoms. The van der Waals surface area contributed by atoms with E-state index in [2.05, 4.69) is 90.9 Å². The first-order valence-corrected chi connectivity index (χ1v) is 24.1. The lowest BCUT2D eigenvalue weighted by Gasteiger charge is -2.33. The molecule has 2 fully saturated rings. The van der Waals surface area contributed by atoms with Crippen LogP contribution in [0.5, 0.6) is 23.0 Å². The van der Waals surface area contributed by atoms with Crippen LogP contribution in [0.1, 0.15) is 147 Å². The van der Waals surface area contributed by atoms with Gasteiger partial charge in [0.15, 0.2) is 0 Å². The average Bonchev–Trinajstić information content (AvgIpc) is 3.93. The summed E-state index contributed by atoms with van der Waals surface area (Å²) < 4.78 is 74.5. The smallest absolute Gasteiger partial charge is 0.496 e. The first-order chi connectivity index (χ1) is 29.8. The molecule has 7 rings (SSSR count). The van der Waals surface area contributed by atoms with Gasteiger partial charge in [-0.1, -0.05) is 84.8 Å². The zero-order chi connectivity index (χ0) is 45.7. The van der Waals surface area contributed by atoms with Crippen LogP contribution in [0, 0.1) is 83.1 Å². The van der Waals surface area contributed by atoms with Crippen molar-refractivity contribution in [3.63, 3.8) is 0 Å². The summed E-state index contributed by atoms with van der Waals surface area (Å²) in [7, 11) is -1.11. The van der Waals surface area contributed by atoms with E-state index >= 15 is 13.2 Å². The SMILES string of the molecule is COc1c(P(c2c(C)cc(C)cc2C)c2c(C)cc(C)c(OB(Oc3c(C)cc(C)cc3C)Oc3c(C)cc(C)cc3C)c2C)cc(C2CCCC2)c(C(F)(F)F)c1C1CCCC1. The number of aryl methyl sites for hydroxylation is 11. The standard InChI is InChI=1S/C54H65BF3O4P/c1-30-22-33(4)48(34(5)23-30)60-55(61-49-35(6)24-31(2)25-36(49)7)62-50-37(8)28-40(11)53(41(50)12)63(52-38(9)26-32(3)27-39(52)10)45-29-44(42-18-14-15-19-42)47(54(56,57)58)46(51(45)59-13)43-20-16-17-21-43/h22-29,42-43H,14-21H2,1-13H3. The maximum atomic E-state index is 15.8. The average molecular weight is 877 g/mol. The minimum atomic E-state index is -4.52. The van der Waals surface area contributed by atoms with Gasteiger partial charge in [0.25, 0.3) is 0 Å². The molecule has 9 heteroatoms. The minimum Gasteiger partial charge on any atom is -0.496 e. The van der Waals surface area contributed by atoms with Crippen LogP contribution in [0.25, 0.3) is 0 Å². The number of rotatable bonds is 12. The summed E-state index contributed by atoms with van der Waals surface area (Å²) in [4.78, 5) is 0. The van der Waals surface area contributed by atoms with Crippen molar-refractivity contribution in [3.05, 3.63) is 132 Å². The van der Waals surface area contributed by atoms with Gasteiger partial charge in [-0.3, -0.25) is 0 Å². The summed E-state index contributed by atoms with van der Waals surface area (Å²) in [5.41, 5.74) is 12.7. The van der Waals surface area contributed by atoms with Gasteiger partial charge in [-0.05, 0) is 201 Å². The van der Waals surface area contributed by atoms with Crippen molar-refractivity contribution >= 4 is 31.2 Å². The van der Waals surface area contributed by atoms with E-state index in [1.54, 1.807) is 7.11 Å². The molecular weight excluding hydrogens is 811 g/mol. The van der Waals surface area contributed by atoms with Gasteiger partial charge in [0, 0.05) is 10.9 Å². The van der Waals surface area contributed by atoms with Crippen LogP contribution in [0.4, 0.5) is 13.2 Å². The number of methoxy groups -OCH3 is 1. The number of alkyl halides is 3. The molecule has 2 aliphatic carbocycles. The molecule has 63 heavy (non-hydrogen) atoms. The fourth-order valence-electron chi connectivity index (χ4n) is 11.2. The lowest BCUT2D eigenvalue weighted by Crippen LogP contribution is -2.39. The molecule has 0 saturated heterocycles. The second-order valence-corrected chi connectivity index (χ2v) is 20.8. The van der Waals surface area contributed by atoms with Crippen LogP contribution in [-0.4, -0.2) is 14.4 Å².